The minimum atomic E-state index is -0.0309. The number of carbonyl (C=O) groups is 1. The van der Waals surface area contributed by atoms with Crippen LogP contribution in [0.25, 0.3) is 0 Å². The second kappa shape index (κ2) is 10.0. The standard InChI is InChI=1S/C18H29N3O2S/c1-4-14(5-2)16(21-9-11-23-12-10-21)13-20-17(22)15-7-6-8-19-18(15)24-3/h6-8,14,16H,4-5,9-13H2,1-3H3,(H,20,22). The first kappa shape index (κ1) is 19.2. The number of carbonyl (C=O) groups excluding carboxylic acids is 1. The average Bonchev–Trinajstić information content (AvgIpc) is 2.65. The highest BCUT2D eigenvalue weighted by molar-refractivity contribution is 7.98. The van der Waals surface area contributed by atoms with E-state index in [1.165, 1.54) is 11.8 Å². The molecular weight excluding hydrogens is 322 g/mol. The Morgan fingerprint density at radius 1 is 1.38 bits per heavy atom. The van der Waals surface area contributed by atoms with Gasteiger partial charge in [0, 0.05) is 31.9 Å². The van der Waals surface area contributed by atoms with Gasteiger partial charge in [-0.15, -0.1) is 11.8 Å². The fourth-order valence-corrected chi connectivity index (χ4v) is 3.90. The van der Waals surface area contributed by atoms with E-state index in [0.717, 1.165) is 44.2 Å². The highest BCUT2D eigenvalue weighted by Crippen LogP contribution is 2.20. The third-order valence-electron chi connectivity index (χ3n) is 4.79. The molecule has 0 bridgehead atoms. The van der Waals surface area contributed by atoms with Crippen LogP contribution in [0.4, 0.5) is 0 Å². The number of hydrogen-bond donors (Lipinski definition) is 1. The maximum absolute atomic E-state index is 12.6. The first-order valence-electron chi connectivity index (χ1n) is 8.80. The van der Waals surface area contributed by atoms with Crippen LogP contribution in [0.15, 0.2) is 23.4 Å². The van der Waals surface area contributed by atoms with Gasteiger partial charge in [0.25, 0.3) is 5.91 Å². The van der Waals surface area contributed by atoms with Gasteiger partial charge in [-0.25, -0.2) is 4.98 Å². The van der Waals surface area contributed by atoms with Crippen LogP contribution in [0.2, 0.25) is 0 Å². The largest absolute Gasteiger partial charge is 0.379 e. The number of aromatic nitrogens is 1. The first-order chi connectivity index (χ1) is 11.7. The quantitative estimate of drug-likeness (QED) is 0.730. The van der Waals surface area contributed by atoms with Gasteiger partial charge < -0.3 is 10.1 Å². The van der Waals surface area contributed by atoms with Gasteiger partial charge >= 0.3 is 0 Å². The number of ether oxygens (including phenoxy) is 1. The van der Waals surface area contributed by atoms with Crippen molar-refractivity contribution in [2.24, 2.45) is 5.92 Å². The van der Waals surface area contributed by atoms with E-state index < -0.39 is 0 Å². The van der Waals surface area contributed by atoms with E-state index in [1.807, 2.05) is 18.4 Å². The molecule has 2 heterocycles. The van der Waals surface area contributed by atoms with Gasteiger partial charge in [0.15, 0.2) is 0 Å². The van der Waals surface area contributed by atoms with Crippen molar-refractivity contribution in [3.8, 4) is 0 Å². The van der Waals surface area contributed by atoms with Crippen molar-refractivity contribution in [2.75, 3.05) is 39.1 Å². The van der Waals surface area contributed by atoms with Gasteiger partial charge in [-0.05, 0) is 24.3 Å². The summed E-state index contributed by atoms with van der Waals surface area (Å²) < 4.78 is 5.48. The lowest BCUT2D eigenvalue weighted by Gasteiger charge is -2.38. The molecule has 1 aromatic rings. The average molecular weight is 352 g/mol. The zero-order valence-electron chi connectivity index (χ0n) is 15.0. The Kier molecular flexibility index (Phi) is 8.02. The van der Waals surface area contributed by atoms with Crippen LogP contribution in [0, 0.1) is 5.92 Å². The van der Waals surface area contributed by atoms with E-state index in [2.05, 4.69) is 29.0 Å². The molecule has 1 atom stereocenters. The number of pyridine rings is 1. The summed E-state index contributed by atoms with van der Waals surface area (Å²) >= 11 is 1.50. The molecule has 1 aliphatic heterocycles. The zero-order chi connectivity index (χ0) is 17.4. The van der Waals surface area contributed by atoms with E-state index in [4.69, 9.17) is 4.74 Å². The number of morpholine rings is 1. The van der Waals surface area contributed by atoms with Crippen LogP contribution >= 0.6 is 11.8 Å². The highest BCUT2D eigenvalue weighted by atomic mass is 32.2. The van der Waals surface area contributed by atoms with E-state index in [-0.39, 0.29) is 5.91 Å². The fraction of sp³-hybridized carbons (Fsp3) is 0.667. The lowest BCUT2D eigenvalue weighted by atomic mass is 9.92. The number of amides is 1. The van der Waals surface area contributed by atoms with Crippen molar-refractivity contribution < 1.29 is 9.53 Å². The van der Waals surface area contributed by atoms with Gasteiger partial charge in [-0.3, -0.25) is 9.69 Å². The monoisotopic (exact) mass is 351 g/mol. The maximum Gasteiger partial charge on any atom is 0.254 e. The van der Waals surface area contributed by atoms with Crippen molar-refractivity contribution in [3.05, 3.63) is 23.9 Å². The SMILES string of the molecule is CCC(CC)C(CNC(=O)c1cccnc1SC)N1CCOCC1. The second-order valence-electron chi connectivity index (χ2n) is 6.06. The van der Waals surface area contributed by atoms with Crippen molar-refractivity contribution >= 4 is 17.7 Å². The van der Waals surface area contributed by atoms with Crippen LogP contribution in [0.3, 0.4) is 0 Å². The van der Waals surface area contributed by atoms with Crippen LogP contribution in [0.1, 0.15) is 37.0 Å². The normalized spacial score (nSPS) is 17.0. The molecule has 1 saturated heterocycles. The Bertz CT molecular complexity index is 517. The molecule has 1 N–H and O–H groups in total. The first-order valence-corrected chi connectivity index (χ1v) is 10.0. The summed E-state index contributed by atoms with van der Waals surface area (Å²) in [5.41, 5.74) is 0.662. The molecule has 5 nitrogen and oxygen atoms in total. The highest BCUT2D eigenvalue weighted by Gasteiger charge is 2.27. The number of nitrogens with zero attached hydrogens (tertiary/aromatic N) is 2. The predicted octanol–water partition coefficient (Wildman–Crippen LogP) is 2.67. The molecule has 2 rings (SSSR count). The molecule has 1 aliphatic rings. The van der Waals surface area contributed by atoms with Gasteiger partial charge in [0.05, 0.1) is 18.8 Å². The Balaban J connectivity index is 2.04. The third kappa shape index (κ3) is 4.94. The minimum absolute atomic E-state index is 0.0309. The lowest BCUT2D eigenvalue weighted by Crippen LogP contribution is -2.52. The molecule has 134 valence electrons. The summed E-state index contributed by atoms with van der Waals surface area (Å²) in [5, 5.41) is 3.92. The van der Waals surface area contributed by atoms with Crippen LogP contribution in [-0.2, 0) is 4.74 Å². The van der Waals surface area contributed by atoms with Crippen molar-refractivity contribution in [3.63, 3.8) is 0 Å². The summed E-state index contributed by atoms with van der Waals surface area (Å²) in [6, 6.07) is 4.02. The molecule has 0 radical (unpaired) electrons. The molecule has 1 amide bonds. The van der Waals surface area contributed by atoms with E-state index in [9.17, 15) is 4.79 Å². The maximum atomic E-state index is 12.6. The Morgan fingerprint density at radius 3 is 2.71 bits per heavy atom. The van der Waals surface area contributed by atoms with Crippen molar-refractivity contribution in [1.29, 1.82) is 0 Å². The van der Waals surface area contributed by atoms with E-state index in [0.29, 0.717) is 24.1 Å². The summed E-state index contributed by atoms with van der Waals surface area (Å²) in [6.45, 7) is 8.59. The van der Waals surface area contributed by atoms with Crippen LogP contribution < -0.4 is 5.32 Å². The molecule has 1 aromatic heterocycles. The molecule has 1 fully saturated rings. The van der Waals surface area contributed by atoms with Crippen LogP contribution in [-0.4, -0.2) is 60.9 Å². The molecule has 0 aromatic carbocycles. The molecule has 6 heteroatoms. The Labute approximate surface area is 149 Å². The molecule has 0 aliphatic carbocycles. The summed E-state index contributed by atoms with van der Waals surface area (Å²) in [5.74, 6) is 0.550. The number of thioether (sulfide) groups is 1. The molecule has 1 unspecified atom stereocenters. The molecule has 24 heavy (non-hydrogen) atoms. The topological polar surface area (TPSA) is 54.5 Å². The van der Waals surface area contributed by atoms with E-state index in [1.54, 1.807) is 6.20 Å². The van der Waals surface area contributed by atoms with Gasteiger partial charge in [0.2, 0.25) is 0 Å². The number of rotatable bonds is 8. The predicted molar refractivity (Wildman–Crippen MR) is 98.6 cm³/mol. The Morgan fingerprint density at radius 2 is 2.08 bits per heavy atom. The van der Waals surface area contributed by atoms with Gasteiger partial charge in [0.1, 0.15) is 5.03 Å². The fourth-order valence-electron chi connectivity index (χ4n) is 3.35. The molecule has 0 spiro atoms. The van der Waals surface area contributed by atoms with Crippen LogP contribution in [0.5, 0.6) is 0 Å². The molecule has 0 saturated carbocycles. The third-order valence-corrected chi connectivity index (χ3v) is 5.50. The lowest BCUT2D eigenvalue weighted by molar-refractivity contribution is 0.00190. The van der Waals surface area contributed by atoms with Crippen molar-refractivity contribution in [2.45, 2.75) is 37.8 Å². The second-order valence-corrected chi connectivity index (χ2v) is 6.86. The van der Waals surface area contributed by atoms with Gasteiger partial charge in [-0.1, -0.05) is 26.7 Å². The van der Waals surface area contributed by atoms with E-state index >= 15 is 0 Å². The number of nitrogens with one attached hydrogen (secondary N) is 1. The summed E-state index contributed by atoms with van der Waals surface area (Å²) in [6.07, 6.45) is 5.91. The summed E-state index contributed by atoms with van der Waals surface area (Å²) in [7, 11) is 0. The number of hydrogen-bond acceptors (Lipinski definition) is 5. The van der Waals surface area contributed by atoms with Gasteiger partial charge in [-0.2, -0.15) is 0 Å². The molecular formula is C18H29N3O2S. The zero-order valence-corrected chi connectivity index (χ0v) is 15.8. The van der Waals surface area contributed by atoms with Crippen molar-refractivity contribution in [1.82, 2.24) is 15.2 Å². The smallest absolute Gasteiger partial charge is 0.254 e. The summed E-state index contributed by atoms with van der Waals surface area (Å²) in [4.78, 5) is 19.4. The minimum Gasteiger partial charge on any atom is -0.379 e. The Hall–Kier alpha value is -1.11.